The summed E-state index contributed by atoms with van der Waals surface area (Å²) in [5.74, 6) is 0. The molecular weight excluding hydrogens is 743 g/mol. The fourth-order valence-electron chi connectivity index (χ4n) is 10.7. The summed E-state index contributed by atoms with van der Waals surface area (Å²) in [6, 6.07) is 70.4. The van der Waals surface area contributed by atoms with Gasteiger partial charge in [0.2, 0.25) is 0 Å². The number of anilines is 3. The molecule has 9 aromatic carbocycles. The van der Waals surface area contributed by atoms with Crippen LogP contribution in [0.3, 0.4) is 0 Å². The monoisotopic (exact) mass is 785 g/mol. The molecule has 12 rings (SSSR count). The Kier molecular flexibility index (Phi) is 7.56. The van der Waals surface area contributed by atoms with Crippen LogP contribution in [0.1, 0.15) is 49.9 Å². The molecule has 0 N–H and O–H groups in total. The maximum atomic E-state index is 2.48. The first-order valence-corrected chi connectivity index (χ1v) is 21.9. The van der Waals surface area contributed by atoms with Crippen LogP contribution in [0.25, 0.3) is 75.5 Å². The van der Waals surface area contributed by atoms with Gasteiger partial charge in [0.25, 0.3) is 0 Å². The van der Waals surface area contributed by atoms with E-state index in [0.717, 1.165) is 17.1 Å². The Morgan fingerprint density at radius 2 is 1.00 bits per heavy atom. The van der Waals surface area contributed by atoms with E-state index >= 15 is 0 Å². The summed E-state index contributed by atoms with van der Waals surface area (Å²) in [4.78, 5) is 2.48. The van der Waals surface area contributed by atoms with Gasteiger partial charge in [-0.05, 0) is 126 Å². The molecule has 1 nitrogen and oxygen atoms in total. The zero-order valence-corrected chi connectivity index (χ0v) is 35.1. The molecule has 0 aliphatic heterocycles. The zero-order valence-electron chi connectivity index (χ0n) is 34.3. The van der Waals surface area contributed by atoms with E-state index in [9.17, 15) is 0 Å². The van der Waals surface area contributed by atoms with Gasteiger partial charge in [0.05, 0.1) is 0 Å². The first-order chi connectivity index (χ1) is 29.3. The minimum atomic E-state index is -0.183. The average Bonchev–Trinajstić information content (AvgIpc) is 3.86. The molecule has 2 heteroatoms. The van der Waals surface area contributed by atoms with Crippen LogP contribution in [-0.2, 0) is 10.8 Å². The molecule has 0 fully saturated rings. The number of fused-ring (bicyclic) bond motifs is 11. The number of rotatable bonds is 5. The summed E-state index contributed by atoms with van der Waals surface area (Å²) in [7, 11) is 0. The minimum absolute atomic E-state index is 0.118. The Balaban J connectivity index is 1.06. The molecule has 60 heavy (non-hydrogen) atoms. The quantitative estimate of drug-likeness (QED) is 0.168. The molecule has 2 aliphatic carbocycles. The van der Waals surface area contributed by atoms with Crippen molar-refractivity contribution in [2.45, 2.75) is 38.5 Å². The maximum absolute atomic E-state index is 2.48. The highest BCUT2D eigenvalue weighted by molar-refractivity contribution is 7.26. The van der Waals surface area contributed by atoms with Gasteiger partial charge >= 0.3 is 0 Å². The van der Waals surface area contributed by atoms with Crippen molar-refractivity contribution in [3.8, 4) is 44.5 Å². The molecule has 1 aromatic heterocycles. The molecule has 10 aromatic rings. The molecule has 286 valence electrons. The van der Waals surface area contributed by atoms with E-state index in [2.05, 4.69) is 221 Å². The summed E-state index contributed by atoms with van der Waals surface area (Å²) in [5, 5.41) is 5.26. The molecule has 0 atom stereocenters. The predicted molar refractivity (Wildman–Crippen MR) is 258 cm³/mol. The van der Waals surface area contributed by atoms with Gasteiger partial charge in [0.15, 0.2) is 0 Å². The van der Waals surface area contributed by atoms with Gasteiger partial charge in [-0.25, -0.2) is 0 Å². The second-order valence-corrected chi connectivity index (χ2v) is 18.7. The van der Waals surface area contributed by atoms with Gasteiger partial charge in [-0.1, -0.05) is 167 Å². The lowest BCUT2D eigenvalue weighted by Gasteiger charge is -2.29. The van der Waals surface area contributed by atoms with E-state index in [0.29, 0.717) is 0 Å². The smallest absolute Gasteiger partial charge is 0.0468 e. The second kappa shape index (κ2) is 12.9. The highest BCUT2D eigenvalue weighted by Gasteiger charge is 2.40. The first-order valence-electron chi connectivity index (χ1n) is 21.1. The Morgan fingerprint density at radius 3 is 1.85 bits per heavy atom. The predicted octanol–water partition coefficient (Wildman–Crippen LogP) is 16.6. The van der Waals surface area contributed by atoms with Gasteiger partial charge in [0.1, 0.15) is 0 Å². The molecule has 0 unspecified atom stereocenters. The standard InChI is InChI=1S/C58H43NS/c1-57(2)50-23-12-10-19-44(50)45-31-29-41(35-52(45)57)59(39-27-25-37(26-28-39)43-21-14-22-47-46-20-11-13-24-53(46)60-56(43)47)40-30-32-51-49(34-40)54-48(36-15-6-5-7-16-36)33-38-17-8-9-18-42(38)55(54)58(51,3)4/h5-35H,1-4H3. The molecule has 0 saturated carbocycles. The summed E-state index contributed by atoms with van der Waals surface area (Å²) < 4.78 is 2.67. The van der Waals surface area contributed by atoms with E-state index < -0.39 is 0 Å². The van der Waals surface area contributed by atoms with Gasteiger partial charge in [0, 0.05) is 48.1 Å². The van der Waals surface area contributed by atoms with Crippen LogP contribution in [0.2, 0.25) is 0 Å². The molecule has 0 spiro atoms. The van der Waals surface area contributed by atoms with Crippen molar-refractivity contribution in [1.29, 1.82) is 0 Å². The number of thiophene rings is 1. The van der Waals surface area contributed by atoms with Gasteiger partial charge in [-0.3, -0.25) is 0 Å². The number of benzene rings is 9. The fourth-order valence-corrected chi connectivity index (χ4v) is 12.0. The third-order valence-electron chi connectivity index (χ3n) is 13.6. The van der Waals surface area contributed by atoms with Crippen molar-refractivity contribution in [1.82, 2.24) is 0 Å². The second-order valence-electron chi connectivity index (χ2n) is 17.7. The molecule has 0 amide bonds. The van der Waals surface area contributed by atoms with Crippen molar-refractivity contribution in [2.75, 3.05) is 4.90 Å². The van der Waals surface area contributed by atoms with Crippen LogP contribution in [0, 0.1) is 0 Å². The highest BCUT2D eigenvalue weighted by atomic mass is 32.1. The average molecular weight is 786 g/mol. The lowest BCUT2D eigenvalue weighted by Crippen LogP contribution is -2.17. The summed E-state index contributed by atoms with van der Waals surface area (Å²) in [6.45, 7) is 9.57. The van der Waals surface area contributed by atoms with E-state index in [1.807, 2.05) is 11.3 Å². The fraction of sp³-hybridized carbons (Fsp3) is 0.103. The molecule has 2 aliphatic rings. The normalized spacial score (nSPS) is 14.3. The van der Waals surface area contributed by atoms with Gasteiger partial charge < -0.3 is 4.90 Å². The summed E-state index contributed by atoms with van der Waals surface area (Å²) in [5.41, 5.74) is 19.0. The third kappa shape index (κ3) is 5.04. The van der Waals surface area contributed by atoms with Gasteiger partial charge in [-0.15, -0.1) is 11.3 Å². The number of hydrogen-bond acceptors (Lipinski definition) is 2. The van der Waals surface area contributed by atoms with Crippen LogP contribution < -0.4 is 4.90 Å². The van der Waals surface area contributed by atoms with Crippen LogP contribution in [0.5, 0.6) is 0 Å². The largest absolute Gasteiger partial charge is 0.310 e. The lowest BCUT2D eigenvalue weighted by atomic mass is 9.79. The van der Waals surface area contributed by atoms with Crippen LogP contribution in [-0.4, -0.2) is 0 Å². The number of nitrogens with zero attached hydrogens (tertiary/aromatic N) is 1. The Labute approximate surface area is 355 Å². The van der Waals surface area contributed by atoms with Crippen molar-refractivity contribution < 1.29 is 0 Å². The Morgan fingerprint density at radius 1 is 0.383 bits per heavy atom. The highest BCUT2D eigenvalue weighted by Crippen LogP contribution is 2.57. The van der Waals surface area contributed by atoms with Crippen molar-refractivity contribution >= 4 is 59.3 Å². The molecule has 0 saturated heterocycles. The van der Waals surface area contributed by atoms with Crippen LogP contribution in [0.15, 0.2) is 188 Å². The third-order valence-corrected chi connectivity index (χ3v) is 14.8. The van der Waals surface area contributed by atoms with E-state index in [1.165, 1.54) is 97.7 Å². The summed E-state index contributed by atoms with van der Waals surface area (Å²) in [6.07, 6.45) is 0. The first kappa shape index (κ1) is 35.2. The van der Waals surface area contributed by atoms with Crippen molar-refractivity contribution in [3.63, 3.8) is 0 Å². The lowest BCUT2D eigenvalue weighted by molar-refractivity contribution is 0.660. The van der Waals surface area contributed by atoms with Crippen molar-refractivity contribution in [2.24, 2.45) is 0 Å². The molecule has 1 heterocycles. The summed E-state index contributed by atoms with van der Waals surface area (Å²) >= 11 is 1.89. The van der Waals surface area contributed by atoms with E-state index in [-0.39, 0.29) is 10.8 Å². The Bertz CT molecular complexity index is 3370. The zero-order chi connectivity index (χ0) is 40.3. The number of hydrogen-bond donors (Lipinski definition) is 0. The Hall–Kier alpha value is -6.74. The maximum Gasteiger partial charge on any atom is 0.0468 e. The van der Waals surface area contributed by atoms with Crippen LogP contribution >= 0.6 is 11.3 Å². The molecular formula is C58H43NS. The SMILES string of the molecule is CC1(C)c2ccccc2-c2ccc(N(c3ccc(-c4cccc5c4sc4ccccc45)cc3)c3ccc4c(c3)-c3c(-c5ccccc5)cc5ccccc5c3C4(C)C)cc21. The van der Waals surface area contributed by atoms with Gasteiger partial charge in [-0.2, -0.15) is 0 Å². The van der Waals surface area contributed by atoms with E-state index in [4.69, 9.17) is 0 Å². The molecule has 0 radical (unpaired) electrons. The van der Waals surface area contributed by atoms with Crippen molar-refractivity contribution in [3.05, 3.63) is 210 Å². The van der Waals surface area contributed by atoms with Crippen LogP contribution in [0.4, 0.5) is 17.1 Å². The van der Waals surface area contributed by atoms with E-state index in [1.54, 1.807) is 0 Å². The topological polar surface area (TPSA) is 3.24 Å². The minimum Gasteiger partial charge on any atom is -0.310 e. The molecule has 0 bridgehead atoms.